The second-order valence-corrected chi connectivity index (χ2v) is 4.07. The van der Waals surface area contributed by atoms with E-state index in [1.165, 1.54) is 5.56 Å². The summed E-state index contributed by atoms with van der Waals surface area (Å²) in [5, 5.41) is 22.1. The van der Waals surface area contributed by atoms with E-state index in [1.54, 1.807) is 0 Å². The molecule has 6 nitrogen and oxygen atoms in total. The Kier molecular flexibility index (Phi) is 5.81. The second kappa shape index (κ2) is 7.38. The Bertz CT molecular complexity index is 431. The van der Waals surface area contributed by atoms with Crippen LogP contribution in [-0.4, -0.2) is 34.9 Å². The van der Waals surface area contributed by atoms with Crippen molar-refractivity contribution in [2.75, 3.05) is 6.61 Å². The van der Waals surface area contributed by atoms with E-state index in [4.69, 9.17) is 10.2 Å². The van der Waals surface area contributed by atoms with Crippen LogP contribution < -0.4 is 10.6 Å². The van der Waals surface area contributed by atoms with Crippen molar-refractivity contribution in [3.05, 3.63) is 35.4 Å². The molecule has 0 heterocycles. The van der Waals surface area contributed by atoms with Crippen LogP contribution in [0.25, 0.3) is 0 Å². The molecule has 4 N–H and O–H groups in total. The van der Waals surface area contributed by atoms with Gasteiger partial charge in [-0.15, -0.1) is 0 Å². The van der Waals surface area contributed by atoms with Gasteiger partial charge in [-0.1, -0.05) is 31.2 Å². The third-order valence-electron chi connectivity index (χ3n) is 2.67. The van der Waals surface area contributed by atoms with Gasteiger partial charge in [0.25, 0.3) is 0 Å². The Balaban J connectivity index is 2.42. The summed E-state index contributed by atoms with van der Waals surface area (Å²) >= 11 is 0. The van der Waals surface area contributed by atoms with Crippen molar-refractivity contribution in [2.45, 2.75) is 25.9 Å². The van der Waals surface area contributed by atoms with Crippen molar-refractivity contribution in [1.82, 2.24) is 10.6 Å². The molecule has 0 bridgehead atoms. The van der Waals surface area contributed by atoms with Crippen molar-refractivity contribution < 1.29 is 19.8 Å². The van der Waals surface area contributed by atoms with Crippen molar-refractivity contribution in [3.63, 3.8) is 0 Å². The van der Waals surface area contributed by atoms with Crippen molar-refractivity contribution in [1.29, 1.82) is 0 Å². The highest BCUT2D eigenvalue weighted by atomic mass is 16.4. The lowest BCUT2D eigenvalue weighted by molar-refractivity contribution is -0.140. The number of benzene rings is 1. The van der Waals surface area contributed by atoms with Crippen LogP contribution >= 0.6 is 0 Å². The fourth-order valence-electron chi connectivity index (χ4n) is 1.47. The minimum absolute atomic E-state index is 0.299. The van der Waals surface area contributed by atoms with Crippen LogP contribution in [0.4, 0.5) is 4.79 Å². The number of carbonyl (C=O) groups excluding carboxylic acids is 1. The Labute approximate surface area is 111 Å². The molecule has 104 valence electrons. The summed E-state index contributed by atoms with van der Waals surface area (Å²) in [5.41, 5.74) is 2.13. The lowest BCUT2D eigenvalue weighted by Crippen LogP contribution is -2.47. The minimum atomic E-state index is -1.29. The predicted molar refractivity (Wildman–Crippen MR) is 69.7 cm³/mol. The van der Waals surface area contributed by atoms with Crippen molar-refractivity contribution in [3.8, 4) is 0 Å². The van der Waals surface area contributed by atoms with Crippen LogP contribution in [0.15, 0.2) is 24.3 Å². The maximum absolute atomic E-state index is 11.4. The van der Waals surface area contributed by atoms with Gasteiger partial charge in [0, 0.05) is 6.54 Å². The number of aliphatic carboxylic acids is 1. The highest BCUT2D eigenvalue weighted by Crippen LogP contribution is 2.04. The number of rotatable bonds is 6. The number of hydrogen-bond acceptors (Lipinski definition) is 3. The molecule has 0 saturated carbocycles. The molecule has 0 aliphatic carbocycles. The Morgan fingerprint density at radius 1 is 1.21 bits per heavy atom. The predicted octanol–water partition coefficient (Wildman–Crippen LogP) is 0.494. The van der Waals surface area contributed by atoms with Gasteiger partial charge in [0.1, 0.15) is 0 Å². The number of nitrogens with one attached hydrogen (secondary N) is 2. The van der Waals surface area contributed by atoms with Gasteiger partial charge in [0.05, 0.1) is 6.61 Å². The number of aliphatic hydroxyl groups is 1. The lowest BCUT2D eigenvalue weighted by atomic mass is 10.1. The van der Waals surface area contributed by atoms with E-state index in [2.05, 4.69) is 17.6 Å². The zero-order valence-corrected chi connectivity index (χ0v) is 10.7. The zero-order chi connectivity index (χ0) is 14.3. The van der Waals surface area contributed by atoms with Crippen molar-refractivity contribution in [2.24, 2.45) is 0 Å². The van der Waals surface area contributed by atoms with Crippen LogP contribution in [0.5, 0.6) is 0 Å². The fraction of sp³-hybridized carbons (Fsp3) is 0.385. The largest absolute Gasteiger partial charge is 0.480 e. The van der Waals surface area contributed by atoms with Gasteiger partial charge in [-0.2, -0.15) is 0 Å². The first-order valence-electron chi connectivity index (χ1n) is 6.02. The molecule has 6 heteroatoms. The summed E-state index contributed by atoms with van der Waals surface area (Å²) in [7, 11) is 0. The maximum Gasteiger partial charge on any atom is 0.328 e. The van der Waals surface area contributed by atoms with Gasteiger partial charge in [-0.25, -0.2) is 9.59 Å². The Morgan fingerprint density at radius 2 is 1.79 bits per heavy atom. The highest BCUT2D eigenvalue weighted by molar-refractivity contribution is 5.82. The van der Waals surface area contributed by atoms with Gasteiger partial charge >= 0.3 is 12.0 Å². The molecule has 0 fully saturated rings. The van der Waals surface area contributed by atoms with Crippen LogP contribution in [0, 0.1) is 0 Å². The summed E-state index contributed by atoms with van der Waals surface area (Å²) in [6.45, 7) is 1.71. The molecule has 0 radical (unpaired) electrons. The van der Waals surface area contributed by atoms with Crippen LogP contribution in [-0.2, 0) is 17.8 Å². The number of hydrogen-bond donors (Lipinski definition) is 4. The molecular formula is C13H18N2O4. The molecule has 0 aliphatic heterocycles. The van der Waals surface area contributed by atoms with Crippen molar-refractivity contribution >= 4 is 12.0 Å². The molecule has 1 aromatic carbocycles. The first-order chi connectivity index (χ1) is 9.06. The van der Waals surface area contributed by atoms with Gasteiger partial charge in [-0.05, 0) is 17.5 Å². The summed E-state index contributed by atoms with van der Waals surface area (Å²) in [5.74, 6) is -1.27. The molecular weight excluding hydrogens is 248 g/mol. The van der Waals surface area contributed by atoms with Gasteiger partial charge in [-0.3, -0.25) is 0 Å². The normalized spacial score (nSPS) is 11.7. The smallest absolute Gasteiger partial charge is 0.328 e. The zero-order valence-electron chi connectivity index (χ0n) is 10.7. The molecule has 2 amide bonds. The van der Waals surface area contributed by atoms with E-state index in [1.807, 2.05) is 24.3 Å². The van der Waals surface area contributed by atoms with Gasteiger partial charge in [0.15, 0.2) is 6.04 Å². The monoisotopic (exact) mass is 266 g/mol. The number of urea groups is 1. The van der Waals surface area contributed by atoms with Gasteiger partial charge in [0.2, 0.25) is 0 Å². The van der Waals surface area contributed by atoms with E-state index in [0.29, 0.717) is 6.54 Å². The summed E-state index contributed by atoms with van der Waals surface area (Å²) in [6.07, 6.45) is 0.949. The molecule has 0 unspecified atom stereocenters. The maximum atomic E-state index is 11.4. The van der Waals surface area contributed by atoms with E-state index in [-0.39, 0.29) is 0 Å². The minimum Gasteiger partial charge on any atom is -0.480 e. The molecule has 1 rings (SSSR count). The second-order valence-electron chi connectivity index (χ2n) is 4.07. The number of aliphatic hydroxyl groups excluding tert-OH is 1. The number of carboxylic acids is 1. The Hall–Kier alpha value is -2.08. The number of carboxylic acid groups (broad SMARTS) is 1. The van der Waals surface area contributed by atoms with Crippen LogP contribution in [0.3, 0.4) is 0 Å². The summed E-state index contributed by atoms with van der Waals surface area (Å²) in [4.78, 5) is 22.0. The molecule has 0 aliphatic rings. The van der Waals surface area contributed by atoms with E-state index in [0.717, 1.165) is 12.0 Å². The third-order valence-corrected chi connectivity index (χ3v) is 2.67. The number of carbonyl (C=O) groups is 2. The molecule has 19 heavy (non-hydrogen) atoms. The lowest BCUT2D eigenvalue weighted by Gasteiger charge is -2.12. The molecule has 0 aromatic heterocycles. The summed E-state index contributed by atoms with van der Waals surface area (Å²) in [6, 6.07) is 5.84. The standard InChI is InChI=1S/C13H18N2O4/c1-2-9-3-5-10(6-4-9)7-14-13(19)15-11(8-16)12(17)18/h3-6,11,16H,2,7-8H2,1H3,(H,17,18)(H2,14,15,19)/t11-/m0/s1. The highest BCUT2D eigenvalue weighted by Gasteiger charge is 2.18. The fourth-order valence-corrected chi connectivity index (χ4v) is 1.47. The SMILES string of the molecule is CCc1ccc(CNC(=O)N[C@@H](CO)C(=O)O)cc1. The van der Waals surface area contributed by atoms with E-state index >= 15 is 0 Å². The molecule has 1 atom stereocenters. The number of aryl methyl sites for hydroxylation is 1. The van der Waals surface area contributed by atoms with E-state index in [9.17, 15) is 9.59 Å². The Morgan fingerprint density at radius 3 is 2.26 bits per heavy atom. The van der Waals surface area contributed by atoms with E-state index < -0.39 is 24.6 Å². The molecule has 0 spiro atoms. The number of amides is 2. The first kappa shape index (κ1) is 15.0. The topological polar surface area (TPSA) is 98.7 Å². The first-order valence-corrected chi connectivity index (χ1v) is 6.02. The third kappa shape index (κ3) is 4.97. The average Bonchev–Trinajstić information content (AvgIpc) is 2.42. The summed E-state index contributed by atoms with van der Waals surface area (Å²) < 4.78 is 0. The van der Waals surface area contributed by atoms with Crippen LogP contribution in [0.2, 0.25) is 0 Å². The molecule has 1 aromatic rings. The van der Waals surface area contributed by atoms with Gasteiger partial charge < -0.3 is 20.8 Å². The van der Waals surface area contributed by atoms with Crippen LogP contribution in [0.1, 0.15) is 18.1 Å². The quantitative estimate of drug-likeness (QED) is 0.602. The average molecular weight is 266 g/mol. The molecule has 0 saturated heterocycles.